The topological polar surface area (TPSA) is 0 Å². The highest BCUT2D eigenvalue weighted by atomic mass is 19.4. The first-order chi connectivity index (χ1) is 20.1. The zero-order valence-electron chi connectivity index (χ0n) is 21.8. The minimum atomic E-state index is -4.94. The van der Waals surface area contributed by atoms with E-state index in [1.54, 1.807) is 12.1 Å². The molecule has 7 aromatic rings. The molecular weight excluding hydrogens is 546 g/mol. The highest BCUT2D eigenvalue weighted by Gasteiger charge is 2.37. The molecular formula is C36H20F6. The zero-order valence-corrected chi connectivity index (χ0v) is 21.8. The molecule has 0 nitrogen and oxygen atoms in total. The second kappa shape index (κ2) is 9.35. The van der Waals surface area contributed by atoms with Crippen molar-refractivity contribution in [2.75, 3.05) is 0 Å². The maximum atomic E-state index is 13.7. The van der Waals surface area contributed by atoms with Crippen molar-refractivity contribution in [3.8, 4) is 33.4 Å². The van der Waals surface area contributed by atoms with Gasteiger partial charge in [-0.2, -0.15) is 26.3 Å². The highest BCUT2D eigenvalue weighted by Crippen LogP contribution is 2.47. The van der Waals surface area contributed by atoms with Crippen LogP contribution in [0.1, 0.15) is 11.1 Å². The summed E-state index contributed by atoms with van der Waals surface area (Å²) in [5, 5.41) is 5.04. The fourth-order valence-corrected chi connectivity index (χ4v) is 5.97. The Kier molecular flexibility index (Phi) is 5.80. The van der Waals surface area contributed by atoms with Gasteiger partial charge in [-0.15, -0.1) is 0 Å². The highest BCUT2D eigenvalue weighted by molar-refractivity contribution is 6.29. The summed E-state index contributed by atoms with van der Waals surface area (Å²) in [7, 11) is 0. The Hall–Kier alpha value is -4.84. The van der Waals surface area contributed by atoms with Gasteiger partial charge in [0.2, 0.25) is 0 Å². The Balaban J connectivity index is 1.60. The van der Waals surface area contributed by atoms with E-state index in [0.717, 1.165) is 61.3 Å². The van der Waals surface area contributed by atoms with Crippen LogP contribution in [0.3, 0.4) is 0 Å². The third kappa shape index (κ3) is 4.26. The lowest BCUT2D eigenvalue weighted by molar-refractivity contribution is -0.143. The molecule has 0 aliphatic carbocycles. The van der Waals surface area contributed by atoms with Crippen LogP contribution in [0, 0.1) is 0 Å². The number of alkyl halides is 6. The maximum absolute atomic E-state index is 13.7. The standard InChI is InChI=1S/C36H20F6/c37-35(38,39)25-17-24(18-26(19-25)36(40,41)42)27-13-11-23-12-14-29-31(21-7-3-1-4-8-21)20-32(22-9-5-2-6-10-22)30-16-15-28(27)33(23)34(29)30/h1-20H. The zero-order chi connectivity index (χ0) is 29.2. The van der Waals surface area contributed by atoms with E-state index in [2.05, 4.69) is 6.07 Å². The molecule has 0 aliphatic rings. The number of hydrogen-bond acceptors (Lipinski definition) is 0. The van der Waals surface area contributed by atoms with Crippen LogP contribution in [0.5, 0.6) is 0 Å². The van der Waals surface area contributed by atoms with Crippen LogP contribution in [-0.2, 0) is 12.4 Å². The van der Waals surface area contributed by atoms with Crippen molar-refractivity contribution >= 4 is 32.3 Å². The van der Waals surface area contributed by atoms with E-state index in [4.69, 9.17) is 0 Å². The van der Waals surface area contributed by atoms with Crippen LogP contribution in [0.2, 0.25) is 0 Å². The predicted molar refractivity (Wildman–Crippen MR) is 156 cm³/mol. The third-order valence-electron chi connectivity index (χ3n) is 7.85. The van der Waals surface area contributed by atoms with Gasteiger partial charge < -0.3 is 0 Å². The summed E-state index contributed by atoms with van der Waals surface area (Å²) in [6.07, 6.45) is -9.87. The first-order valence-corrected chi connectivity index (χ1v) is 13.2. The van der Waals surface area contributed by atoms with E-state index >= 15 is 0 Å². The molecule has 42 heavy (non-hydrogen) atoms. The van der Waals surface area contributed by atoms with Crippen molar-refractivity contribution in [2.24, 2.45) is 0 Å². The van der Waals surface area contributed by atoms with E-state index in [1.807, 2.05) is 84.9 Å². The summed E-state index contributed by atoms with van der Waals surface area (Å²) in [6, 6.07) is 34.8. The molecule has 0 fully saturated rings. The number of hydrogen-bond donors (Lipinski definition) is 0. The van der Waals surface area contributed by atoms with Gasteiger partial charge in [-0.3, -0.25) is 0 Å². The Labute approximate surface area is 236 Å². The number of rotatable bonds is 3. The van der Waals surface area contributed by atoms with Crippen LogP contribution in [0.25, 0.3) is 65.7 Å². The first-order valence-electron chi connectivity index (χ1n) is 13.2. The minimum Gasteiger partial charge on any atom is -0.166 e. The number of benzene rings is 7. The maximum Gasteiger partial charge on any atom is 0.416 e. The molecule has 0 aromatic heterocycles. The second-order valence-corrected chi connectivity index (χ2v) is 10.4. The lowest BCUT2D eigenvalue weighted by Gasteiger charge is -2.20. The van der Waals surface area contributed by atoms with Crippen LogP contribution in [-0.4, -0.2) is 0 Å². The van der Waals surface area contributed by atoms with Crippen LogP contribution >= 0.6 is 0 Å². The third-order valence-corrected chi connectivity index (χ3v) is 7.85. The molecule has 0 spiro atoms. The SMILES string of the molecule is FC(F)(F)c1cc(-c2ccc3ccc4c(-c5ccccc5)cc(-c5ccccc5)c5ccc2c3c45)cc(C(F)(F)F)c1. The van der Waals surface area contributed by atoms with Crippen molar-refractivity contribution in [3.63, 3.8) is 0 Å². The van der Waals surface area contributed by atoms with Crippen molar-refractivity contribution in [3.05, 3.63) is 132 Å². The monoisotopic (exact) mass is 566 g/mol. The van der Waals surface area contributed by atoms with Crippen LogP contribution < -0.4 is 0 Å². The summed E-state index contributed by atoms with van der Waals surface area (Å²) >= 11 is 0. The molecule has 0 N–H and O–H groups in total. The van der Waals surface area contributed by atoms with Gasteiger partial charge in [0.25, 0.3) is 0 Å². The molecule has 0 amide bonds. The number of halogens is 6. The van der Waals surface area contributed by atoms with Crippen molar-refractivity contribution in [1.29, 1.82) is 0 Å². The summed E-state index contributed by atoms with van der Waals surface area (Å²) in [4.78, 5) is 0. The fraction of sp³-hybridized carbons (Fsp3) is 0.0556. The van der Waals surface area contributed by atoms with Gasteiger partial charge in [-0.05, 0) is 90.0 Å². The lowest BCUT2D eigenvalue weighted by Crippen LogP contribution is -2.11. The average Bonchev–Trinajstić information content (AvgIpc) is 2.99. The fourth-order valence-electron chi connectivity index (χ4n) is 5.97. The van der Waals surface area contributed by atoms with Gasteiger partial charge in [0.15, 0.2) is 0 Å². The minimum absolute atomic E-state index is 0.137. The van der Waals surface area contributed by atoms with E-state index in [9.17, 15) is 26.3 Å². The Morgan fingerprint density at radius 1 is 0.357 bits per heavy atom. The Morgan fingerprint density at radius 2 is 0.810 bits per heavy atom. The van der Waals surface area contributed by atoms with Gasteiger partial charge in [0.05, 0.1) is 11.1 Å². The van der Waals surface area contributed by atoms with Crippen LogP contribution in [0.15, 0.2) is 121 Å². The molecule has 0 saturated carbocycles. The average molecular weight is 567 g/mol. The van der Waals surface area contributed by atoms with Crippen molar-refractivity contribution in [1.82, 2.24) is 0 Å². The molecule has 7 aromatic carbocycles. The van der Waals surface area contributed by atoms with Crippen LogP contribution in [0.4, 0.5) is 26.3 Å². The predicted octanol–water partition coefficient (Wildman–Crippen LogP) is 11.6. The Morgan fingerprint density at radius 3 is 1.31 bits per heavy atom. The van der Waals surface area contributed by atoms with Gasteiger partial charge >= 0.3 is 12.4 Å². The molecule has 0 aliphatic heterocycles. The van der Waals surface area contributed by atoms with Gasteiger partial charge in [-0.1, -0.05) is 97.1 Å². The molecule has 0 atom stereocenters. The molecule has 7 rings (SSSR count). The van der Waals surface area contributed by atoms with Crippen molar-refractivity contribution in [2.45, 2.75) is 12.4 Å². The molecule has 0 bridgehead atoms. The smallest absolute Gasteiger partial charge is 0.166 e. The summed E-state index contributed by atoms with van der Waals surface area (Å²) in [6.45, 7) is 0. The van der Waals surface area contributed by atoms with Crippen molar-refractivity contribution < 1.29 is 26.3 Å². The molecule has 206 valence electrons. The van der Waals surface area contributed by atoms with E-state index in [0.29, 0.717) is 10.9 Å². The van der Waals surface area contributed by atoms with Gasteiger partial charge in [-0.25, -0.2) is 0 Å². The molecule has 6 heteroatoms. The van der Waals surface area contributed by atoms with Gasteiger partial charge in [0.1, 0.15) is 0 Å². The largest absolute Gasteiger partial charge is 0.416 e. The summed E-state index contributed by atoms with van der Waals surface area (Å²) in [5.41, 5.74) is 1.47. The Bertz CT molecular complexity index is 2000. The van der Waals surface area contributed by atoms with E-state index in [1.165, 1.54) is 0 Å². The van der Waals surface area contributed by atoms with Gasteiger partial charge in [0, 0.05) is 0 Å². The molecule has 0 radical (unpaired) electrons. The molecule has 0 saturated heterocycles. The normalized spacial score (nSPS) is 12.5. The second-order valence-electron chi connectivity index (χ2n) is 10.4. The van der Waals surface area contributed by atoms with E-state index < -0.39 is 23.5 Å². The quantitative estimate of drug-likeness (QED) is 0.147. The van der Waals surface area contributed by atoms with E-state index in [-0.39, 0.29) is 11.6 Å². The lowest BCUT2D eigenvalue weighted by atomic mass is 9.84. The summed E-state index contributed by atoms with van der Waals surface area (Å²) in [5.74, 6) is 0. The summed E-state index contributed by atoms with van der Waals surface area (Å²) < 4.78 is 82.4. The molecule has 0 unspecified atom stereocenters. The first kappa shape index (κ1) is 26.1. The molecule has 0 heterocycles.